The molecule has 0 aliphatic rings. The van der Waals surface area contributed by atoms with Crippen LogP contribution in [0.1, 0.15) is 174 Å². The predicted octanol–water partition coefficient (Wildman–Crippen LogP) is 9.78. The van der Waals surface area contributed by atoms with E-state index in [4.69, 9.17) is 9.84 Å². The maximum absolute atomic E-state index is 12.4. The highest BCUT2D eigenvalue weighted by molar-refractivity contribution is 5.69. The van der Waals surface area contributed by atoms with Crippen LogP contribution in [0.15, 0.2) is 0 Å². The zero-order valence-electron chi connectivity index (χ0n) is 22.9. The van der Waals surface area contributed by atoms with Crippen molar-refractivity contribution in [3.8, 4) is 0 Å². The molecule has 0 aliphatic heterocycles. The number of ether oxygens (including phenoxy) is 1. The molecule has 0 amide bonds. The average molecular weight is 483 g/mol. The van der Waals surface area contributed by atoms with Crippen molar-refractivity contribution in [2.24, 2.45) is 0 Å². The van der Waals surface area contributed by atoms with E-state index in [9.17, 15) is 9.59 Å². The lowest BCUT2D eigenvalue weighted by molar-refractivity contribution is -0.150. The lowest BCUT2D eigenvalue weighted by atomic mass is 10.0. The molecule has 0 aromatic carbocycles. The molecule has 0 saturated heterocycles. The second-order valence-corrected chi connectivity index (χ2v) is 10.3. The van der Waals surface area contributed by atoms with Gasteiger partial charge in [-0.05, 0) is 38.5 Å². The largest absolute Gasteiger partial charge is 0.481 e. The van der Waals surface area contributed by atoms with Gasteiger partial charge in [-0.25, -0.2) is 0 Å². The summed E-state index contributed by atoms with van der Waals surface area (Å²) >= 11 is 0. The van der Waals surface area contributed by atoms with Gasteiger partial charge < -0.3 is 9.84 Å². The smallest absolute Gasteiger partial charge is 0.306 e. The number of hydrogen-bond acceptors (Lipinski definition) is 3. The van der Waals surface area contributed by atoms with E-state index in [0.717, 1.165) is 51.4 Å². The summed E-state index contributed by atoms with van der Waals surface area (Å²) in [5.41, 5.74) is 0. The fourth-order valence-corrected chi connectivity index (χ4v) is 4.59. The quantitative estimate of drug-likeness (QED) is 0.0934. The first-order valence-electron chi connectivity index (χ1n) is 15.0. The van der Waals surface area contributed by atoms with Crippen LogP contribution >= 0.6 is 0 Å². The third kappa shape index (κ3) is 25.6. The molecule has 4 nitrogen and oxygen atoms in total. The number of esters is 1. The number of hydrogen-bond donors (Lipinski definition) is 1. The van der Waals surface area contributed by atoms with Crippen LogP contribution < -0.4 is 0 Å². The van der Waals surface area contributed by atoms with E-state index in [2.05, 4.69) is 13.8 Å². The highest BCUT2D eigenvalue weighted by Crippen LogP contribution is 2.18. The van der Waals surface area contributed by atoms with Crippen LogP contribution in [0.5, 0.6) is 0 Å². The molecule has 0 radical (unpaired) electrons. The summed E-state index contributed by atoms with van der Waals surface area (Å²) in [4.78, 5) is 23.0. The maximum atomic E-state index is 12.4. The predicted molar refractivity (Wildman–Crippen MR) is 144 cm³/mol. The normalized spacial score (nSPS) is 12.1. The van der Waals surface area contributed by atoms with E-state index in [-0.39, 0.29) is 12.1 Å². The van der Waals surface area contributed by atoms with E-state index in [1.165, 1.54) is 96.3 Å². The minimum atomic E-state index is -0.687. The van der Waals surface area contributed by atoms with Crippen molar-refractivity contribution in [1.29, 1.82) is 0 Å². The highest BCUT2D eigenvalue weighted by atomic mass is 16.5. The Bertz CT molecular complexity index is 449. The van der Waals surface area contributed by atoms with E-state index in [0.29, 0.717) is 12.8 Å². The SMILES string of the molecule is CCCCCCCCCCCC(=O)OC(CCCCCCC)CCCCCCCCCC(=O)O. The number of carbonyl (C=O) groups excluding carboxylic acids is 1. The molecule has 0 rings (SSSR count). The van der Waals surface area contributed by atoms with Gasteiger partial charge >= 0.3 is 11.9 Å². The summed E-state index contributed by atoms with van der Waals surface area (Å²) < 4.78 is 5.92. The maximum Gasteiger partial charge on any atom is 0.306 e. The molecule has 4 heteroatoms. The van der Waals surface area contributed by atoms with Gasteiger partial charge in [0.1, 0.15) is 6.10 Å². The molecule has 1 atom stereocenters. The monoisotopic (exact) mass is 482 g/mol. The van der Waals surface area contributed by atoms with Crippen molar-refractivity contribution in [3.63, 3.8) is 0 Å². The molecule has 1 N–H and O–H groups in total. The third-order valence-corrected chi connectivity index (χ3v) is 6.83. The van der Waals surface area contributed by atoms with Crippen molar-refractivity contribution < 1.29 is 19.4 Å². The first-order valence-corrected chi connectivity index (χ1v) is 15.0. The summed E-state index contributed by atoms with van der Waals surface area (Å²) in [6.07, 6.45) is 28.3. The summed E-state index contributed by atoms with van der Waals surface area (Å²) in [6, 6.07) is 0. The van der Waals surface area contributed by atoms with Crippen molar-refractivity contribution in [1.82, 2.24) is 0 Å². The lowest BCUT2D eigenvalue weighted by Crippen LogP contribution is -2.18. The van der Waals surface area contributed by atoms with Crippen LogP contribution in [0.3, 0.4) is 0 Å². The summed E-state index contributed by atoms with van der Waals surface area (Å²) in [6.45, 7) is 4.50. The lowest BCUT2D eigenvalue weighted by Gasteiger charge is -2.18. The molecule has 0 aromatic rings. The van der Waals surface area contributed by atoms with Gasteiger partial charge in [0.05, 0.1) is 0 Å². The van der Waals surface area contributed by atoms with Crippen LogP contribution in [0.25, 0.3) is 0 Å². The topological polar surface area (TPSA) is 63.6 Å². The Morgan fingerprint density at radius 3 is 1.29 bits per heavy atom. The van der Waals surface area contributed by atoms with Gasteiger partial charge in [0.25, 0.3) is 0 Å². The third-order valence-electron chi connectivity index (χ3n) is 6.83. The number of carbonyl (C=O) groups is 2. The second-order valence-electron chi connectivity index (χ2n) is 10.3. The molecule has 0 bridgehead atoms. The van der Waals surface area contributed by atoms with Crippen molar-refractivity contribution in [2.75, 3.05) is 0 Å². The molecule has 34 heavy (non-hydrogen) atoms. The second kappa shape index (κ2) is 26.5. The standard InChI is InChI=1S/C30H58O4/c1-3-5-7-9-10-11-15-19-23-27-30(33)34-28(24-20-16-8-6-4-2)25-21-17-13-12-14-18-22-26-29(31)32/h28H,3-27H2,1-2H3,(H,31,32). The number of carboxylic acid groups (broad SMARTS) is 1. The number of aliphatic carboxylic acids is 1. The minimum Gasteiger partial charge on any atom is -0.481 e. The molecule has 0 spiro atoms. The molecular weight excluding hydrogens is 424 g/mol. The van der Waals surface area contributed by atoms with Crippen LogP contribution in [0, 0.1) is 0 Å². The number of rotatable bonds is 27. The number of unbranched alkanes of at least 4 members (excludes halogenated alkanes) is 18. The summed E-state index contributed by atoms with van der Waals surface area (Å²) in [7, 11) is 0. The Kier molecular flexibility index (Phi) is 25.7. The molecule has 0 fully saturated rings. The van der Waals surface area contributed by atoms with E-state index in [1.54, 1.807) is 0 Å². The first kappa shape index (κ1) is 32.9. The van der Waals surface area contributed by atoms with Crippen LogP contribution in [0.2, 0.25) is 0 Å². The van der Waals surface area contributed by atoms with Gasteiger partial charge in [-0.2, -0.15) is 0 Å². The minimum absolute atomic E-state index is 0.0138. The van der Waals surface area contributed by atoms with Gasteiger partial charge in [-0.15, -0.1) is 0 Å². The average Bonchev–Trinajstić information content (AvgIpc) is 2.81. The zero-order valence-corrected chi connectivity index (χ0v) is 22.9. The molecule has 0 heterocycles. The fourth-order valence-electron chi connectivity index (χ4n) is 4.59. The van der Waals surface area contributed by atoms with Crippen LogP contribution in [0.4, 0.5) is 0 Å². The zero-order chi connectivity index (χ0) is 25.1. The van der Waals surface area contributed by atoms with Crippen molar-refractivity contribution in [3.05, 3.63) is 0 Å². The number of carboxylic acids is 1. The molecular formula is C30H58O4. The van der Waals surface area contributed by atoms with Gasteiger partial charge in [0, 0.05) is 12.8 Å². The first-order chi connectivity index (χ1) is 16.6. The Labute approximate surface area is 212 Å². The van der Waals surface area contributed by atoms with Crippen molar-refractivity contribution in [2.45, 2.75) is 180 Å². The fraction of sp³-hybridized carbons (Fsp3) is 0.933. The Morgan fingerprint density at radius 1 is 0.529 bits per heavy atom. The molecule has 0 saturated carbocycles. The summed E-state index contributed by atoms with van der Waals surface area (Å²) in [5, 5.41) is 8.68. The molecule has 1 unspecified atom stereocenters. The Morgan fingerprint density at radius 2 is 0.882 bits per heavy atom. The summed E-state index contributed by atoms with van der Waals surface area (Å²) in [5.74, 6) is -0.673. The Balaban J connectivity index is 3.95. The van der Waals surface area contributed by atoms with Gasteiger partial charge in [0.15, 0.2) is 0 Å². The van der Waals surface area contributed by atoms with E-state index >= 15 is 0 Å². The highest BCUT2D eigenvalue weighted by Gasteiger charge is 2.14. The Hall–Kier alpha value is -1.06. The molecule has 202 valence electrons. The van der Waals surface area contributed by atoms with Crippen molar-refractivity contribution >= 4 is 11.9 Å². The molecule has 0 aliphatic carbocycles. The van der Waals surface area contributed by atoms with Gasteiger partial charge in [0.2, 0.25) is 0 Å². The van der Waals surface area contributed by atoms with Gasteiger partial charge in [-0.3, -0.25) is 9.59 Å². The van der Waals surface area contributed by atoms with Crippen LogP contribution in [-0.2, 0) is 14.3 Å². The van der Waals surface area contributed by atoms with Gasteiger partial charge in [-0.1, -0.05) is 123 Å². The van der Waals surface area contributed by atoms with Crippen LogP contribution in [-0.4, -0.2) is 23.1 Å². The van der Waals surface area contributed by atoms with E-state index in [1.807, 2.05) is 0 Å². The molecule has 0 aromatic heterocycles. The van der Waals surface area contributed by atoms with E-state index < -0.39 is 5.97 Å².